The van der Waals surface area contributed by atoms with E-state index in [4.69, 9.17) is 4.42 Å². The second kappa shape index (κ2) is 3.35. The minimum atomic E-state index is 0.0863. The maximum absolute atomic E-state index is 12.0. The summed E-state index contributed by atoms with van der Waals surface area (Å²) in [6.45, 7) is 0. The van der Waals surface area contributed by atoms with E-state index in [2.05, 4.69) is 0 Å². The number of ketones is 1. The van der Waals surface area contributed by atoms with Crippen LogP contribution in [0.2, 0.25) is 0 Å². The van der Waals surface area contributed by atoms with Gasteiger partial charge in [0.05, 0.1) is 16.7 Å². The highest BCUT2D eigenvalue weighted by Gasteiger charge is 2.19. The van der Waals surface area contributed by atoms with E-state index in [1.165, 1.54) is 29.4 Å². The van der Waals surface area contributed by atoms with Gasteiger partial charge in [0.2, 0.25) is 5.78 Å². The summed E-state index contributed by atoms with van der Waals surface area (Å²) in [4.78, 5) is 14.2. The van der Waals surface area contributed by atoms with Crippen molar-refractivity contribution in [1.82, 2.24) is 0 Å². The van der Waals surface area contributed by atoms with Crippen molar-refractivity contribution in [3.05, 3.63) is 45.5 Å². The van der Waals surface area contributed by atoms with Gasteiger partial charge in [0.15, 0.2) is 0 Å². The molecule has 0 fully saturated rings. The predicted octanol–water partition coefficient (Wildman–Crippen LogP) is 3.06. The predicted molar refractivity (Wildman–Crippen MR) is 58.5 cm³/mol. The molecule has 0 amide bonds. The molecule has 0 saturated carbocycles. The van der Waals surface area contributed by atoms with Crippen molar-refractivity contribution in [3.8, 4) is 0 Å². The first-order valence-electron chi connectivity index (χ1n) is 5.03. The van der Waals surface area contributed by atoms with Gasteiger partial charge in [0.25, 0.3) is 0 Å². The van der Waals surface area contributed by atoms with Gasteiger partial charge in [-0.05, 0) is 37.0 Å². The van der Waals surface area contributed by atoms with Crippen LogP contribution in [0.3, 0.4) is 0 Å². The summed E-state index contributed by atoms with van der Waals surface area (Å²) in [6, 6.07) is 3.76. The lowest BCUT2D eigenvalue weighted by molar-refractivity contribution is 0.104. The fourth-order valence-electron chi connectivity index (χ4n) is 1.98. The van der Waals surface area contributed by atoms with Crippen LogP contribution in [0.1, 0.15) is 32.1 Å². The topological polar surface area (TPSA) is 30.2 Å². The Labute approximate surface area is 91.5 Å². The molecule has 1 aliphatic carbocycles. The maximum Gasteiger partial charge on any atom is 0.206 e. The molecule has 2 aromatic heterocycles. The first-order chi connectivity index (χ1) is 7.34. The van der Waals surface area contributed by atoms with E-state index in [0.717, 1.165) is 17.7 Å². The highest BCUT2D eigenvalue weighted by Crippen LogP contribution is 2.31. The molecule has 0 radical (unpaired) electrons. The van der Waals surface area contributed by atoms with Gasteiger partial charge in [-0.15, -0.1) is 11.3 Å². The lowest BCUT2D eigenvalue weighted by Gasteiger charge is -1.91. The van der Waals surface area contributed by atoms with Gasteiger partial charge in [0.1, 0.15) is 6.26 Å². The zero-order valence-corrected chi connectivity index (χ0v) is 8.97. The van der Waals surface area contributed by atoms with Gasteiger partial charge >= 0.3 is 0 Å². The van der Waals surface area contributed by atoms with E-state index in [1.54, 1.807) is 17.4 Å². The van der Waals surface area contributed by atoms with Crippen molar-refractivity contribution in [3.63, 3.8) is 0 Å². The minimum Gasteiger partial charge on any atom is -0.472 e. The fraction of sp³-hybridized carbons (Fsp3) is 0.250. The Balaban J connectivity index is 1.97. The molecule has 3 rings (SSSR count). The Hall–Kier alpha value is -1.35. The van der Waals surface area contributed by atoms with E-state index in [0.29, 0.717) is 5.56 Å². The summed E-state index contributed by atoms with van der Waals surface area (Å²) in [6.07, 6.45) is 6.55. The Morgan fingerprint density at radius 2 is 2.33 bits per heavy atom. The van der Waals surface area contributed by atoms with Crippen molar-refractivity contribution in [2.24, 2.45) is 0 Å². The molecule has 3 heteroatoms. The SMILES string of the molecule is O=C(c1ccoc1)c1cc2c(s1)CCC2. The number of thiophene rings is 1. The smallest absolute Gasteiger partial charge is 0.206 e. The lowest BCUT2D eigenvalue weighted by atomic mass is 10.1. The molecule has 0 spiro atoms. The van der Waals surface area contributed by atoms with E-state index < -0.39 is 0 Å². The van der Waals surface area contributed by atoms with Crippen LogP contribution in [-0.2, 0) is 12.8 Å². The molecule has 0 atom stereocenters. The monoisotopic (exact) mass is 218 g/mol. The van der Waals surface area contributed by atoms with Crippen LogP contribution >= 0.6 is 11.3 Å². The molecule has 15 heavy (non-hydrogen) atoms. The summed E-state index contributed by atoms with van der Waals surface area (Å²) in [5.41, 5.74) is 2.02. The Kier molecular flexibility index (Phi) is 1.99. The third-order valence-corrected chi connectivity index (χ3v) is 3.99. The summed E-state index contributed by atoms with van der Waals surface area (Å²) < 4.78 is 4.92. The Morgan fingerprint density at radius 1 is 1.40 bits per heavy atom. The maximum atomic E-state index is 12.0. The quantitative estimate of drug-likeness (QED) is 0.725. The third-order valence-electron chi connectivity index (χ3n) is 2.75. The van der Waals surface area contributed by atoms with Gasteiger partial charge in [-0.2, -0.15) is 0 Å². The van der Waals surface area contributed by atoms with Crippen LogP contribution in [0, 0.1) is 0 Å². The average Bonchev–Trinajstić information content (AvgIpc) is 2.92. The van der Waals surface area contributed by atoms with Crippen molar-refractivity contribution in [1.29, 1.82) is 0 Å². The standard InChI is InChI=1S/C12H10O2S/c13-12(9-4-5-14-7-9)11-6-8-2-1-3-10(8)15-11/h4-7H,1-3H2. The summed E-state index contributed by atoms with van der Waals surface area (Å²) in [5.74, 6) is 0.0863. The second-order valence-corrected chi connectivity index (χ2v) is 4.89. The third kappa shape index (κ3) is 1.43. The molecule has 0 bridgehead atoms. The van der Waals surface area contributed by atoms with Crippen LogP contribution in [0.25, 0.3) is 0 Å². The first-order valence-corrected chi connectivity index (χ1v) is 5.85. The number of furan rings is 1. The van der Waals surface area contributed by atoms with E-state index in [9.17, 15) is 4.79 Å². The van der Waals surface area contributed by atoms with Gasteiger partial charge in [-0.25, -0.2) is 0 Å². The molecule has 2 heterocycles. The molecule has 2 nitrogen and oxygen atoms in total. The molecule has 0 unspecified atom stereocenters. The van der Waals surface area contributed by atoms with E-state index in [-0.39, 0.29) is 5.78 Å². The first kappa shape index (κ1) is 8.92. The number of hydrogen-bond donors (Lipinski definition) is 0. The molecule has 0 saturated heterocycles. The molecule has 2 aromatic rings. The molecule has 0 aliphatic heterocycles. The number of rotatable bonds is 2. The molecular weight excluding hydrogens is 208 g/mol. The lowest BCUT2D eigenvalue weighted by Crippen LogP contribution is -1.95. The molecule has 0 N–H and O–H groups in total. The van der Waals surface area contributed by atoms with Crippen LogP contribution in [0.15, 0.2) is 29.1 Å². The zero-order chi connectivity index (χ0) is 10.3. The van der Waals surface area contributed by atoms with Crippen LogP contribution in [0.5, 0.6) is 0 Å². The van der Waals surface area contributed by atoms with Crippen LogP contribution < -0.4 is 0 Å². The van der Waals surface area contributed by atoms with Gasteiger partial charge in [0, 0.05) is 4.88 Å². The number of carbonyl (C=O) groups is 1. The Morgan fingerprint density at radius 3 is 3.07 bits per heavy atom. The number of carbonyl (C=O) groups excluding carboxylic acids is 1. The van der Waals surface area contributed by atoms with Gasteiger partial charge in [-0.3, -0.25) is 4.79 Å². The van der Waals surface area contributed by atoms with Crippen LogP contribution in [-0.4, -0.2) is 5.78 Å². The summed E-state index contributed by atoms with van der Waals surface area (Å²) in [5, 5.41) is 0. The highest BCUT2D eigenvalue weighted by molar-refractivity contribution is 7.14. The fourth-order valence-corrected chi connectivity index (χ4v) is 3.19. The van der Waals surface area contributed by atoms with Gasteiger partial charge in [-0.1, -0.05) is 0 Å². The minimum absolute atomic E-state index is 0.0863. The van der Waals surface area contributed by atoms with E-state index >= 15 is 0 Å². The van der Waals surface area contributed by atoms with Crippen molar-refractivity contribution in [2.45, 2.75) is 19.3 Å². The van der Waals surface area contributed by atoms with Crippen molar-refractivity contribution >= 4 is 17.1 Å². The van der Waals surface area contributed by atoms with Crippen LogP contribution in [0.4, 0.5) is 0 Å². The second-order valence-electron chi connectivity index (χ2n) is 3.75. The highest BCUT2D eigenvalue weighted by atomic mass is 32.1. The number of hydrogen-bond acceptors (Lipinski definition) is 3. The number of fused-ring (bicyclic) bond motifs is 1. The largest absolute Gasteiger partial charge is 0.472 e. The van der Waals surface area contributed by atoms with Gasteiger partial charge < -0.3 is 4.42 Å². The molecule has 1 aliphatic rings. The average molecular weight is 218 g/mol. The molecule has 76 valence electrons. The zero-order valence-electron chi connectivity index (χ0n) is 8.16. The molecule has 0 aromatic carbocycles. The normalized spacial score (nSPS) is 14.1. The summed E-state index contributed by atoms with van der Waals surface area (Å²) >= 11 is 1.64. The van der Waals surface area contributed by atoms with E-state index in [1.807, 2.05) is 6.07 Å². The molecular formula is C12H10O2S. The summed E-state index contributed by atoms with van der Waals surface area (Å²) in [7, 11) is 0. The number of aryl methyl sites for hydroxylation is 2. The Bertz CT molecular complexity index is 472. The van der Waals surface area contributed by atoms with Crippen molar-refractivity contribution in [2.75, 3.05) is 0 Å². The van der Waals surface area contributed by atoms with Crippen molar-refractivity contribution < 1.29 is 9.21 Å².